The molecule has 0 radical (unpaired) electrons. The Bertz CT molecular complexity index is 1290. The predicted molar refractivity (Wildman–Crippen MR) is 133 cm³/mol. The highest BCUT2D eigenvalue weighted by atomic mass is 79.9. The maximum atomic E-state index is 13.7. The molecule has 0 saturated carbocycles. The molecular weight excluding hydrogens is 604 g/mol. The molecule has 0 bridgehead atoms. The normalized spacial score (nSPS) is 25.4. The first-order chi connectivity index (χ1) is 17.2. The maximum Gasteiger partial charge on any atom is 0.459 e. The van der Waals surface area contributed by atoms with Gasteiger partial charge in [0.25, 0.3) is 5.56 Å². The van der Waals surface area contributed by atoms with E-state index in [0.29, 0.717) is 0 Å². The van der Waals surface area contributed by atoms with E-state index in [0.717, 1.165) is 29.0 Å². The minimum Gasteiger partial charge on any atom is -0.465 e. The summed E-state index contributed by atoms with van der Waals surface area (Å²) < 4.78 is 48.0. The lowest BCUT2D eigenvalue weighted by molar-refractivity contribution is -0.149. The summed E-state index contributed by atoms with van der Waals surface area (Å²) in [6.07, 6.45) is -2.97. The van der Waals surface area contributed by atoms with E-state index in [9.17, 15) is 28.4 Å². The second-order valence-corrected chi connectivity index (χ2v) is 12.5. The number of nitrogens with zero attached hydrogens (tertiary/aromatic N) is 1. The van der Waals surface area contributed by atoms with Gasteiger partial charge in [-0.15, -0.1) is 0 Å². The van der Waals surface area contributed by atoms with E-state index in [1.165, 1.54) is 26.0 Å². The molecule has 5 atom stereocenters. The molecule has 1 aliphatic rings. The number of hydrogen-bond donors (Lipinski definition) is 3. The summed E-state index contributed by atoms with van der Waals surface area (Å²) in [5.74, 6) is -1.37. The number of alkyl halides is 2. The minimum absolute atomic E-state index is 0.0466. The molecule has 0 unspecified atom stereocenters. The highest BCUT2D eigenvalue weighted by Gasteiger charge is 2.56. The van der Waals surface area contributed by atoms with E-state index in [1.807, 2.05) is 0 Å². The average Bonchev–Trinajstić information content (AvgIpc) is 3.02. The SMILES string of the molecule is CCOC(=O)C(C)(C)N[P@](=O)(OC[C@H]1O[C@@H](n2ccc(=O)[nH]c2=O)[C@](Cl)(Br)[C@@H]1O)Oc1ccc(F)cc1. The van der Waals surface area contributed by atoms with Crippen LogP contribution < -0.4 is 20.9 Å². The fraction of sp³-hybridized carbons (Fsp3) is 0.476. The highest BCUT2D eigenvalue weighted by Crippen LogP contribution is 2.50. The first kappa shape index (κ1) is 29.5. The predicted octanol–water partition coefficient (Wildman–Crippen LogP) is 2.40. The Morgan fingerprint density at radius 2 is 2.00 bits per heavy atom. The number of halogens is 3. The van der Waals surface area contributed by atoms with Gasteiger partial charge in [0, 0.05) is 12.3 Å². The van der Waals surface area contributed by atoms with Gasteiger partial charge in [0.1, 0.15) is 29.3 Å². The van der Waals surface area contributed by atoms with E-state index in [2.05, 4.69) is 26.0 Å². The molecule has 1 saturated heterocycles. The number of aromatic nitrogens is 2. The van der Waals surface area contributed by atoms with Gasteiger partial charge in [-0.05, 0) is 45.0 Å². The second-order valence-electron chi connectivity index (χ2n) is 8.46. The van der Waals surface area contributed by atoms with E-state index < -0.39 is 65.1 Å². The van der Waals surface area contributed by atoms with E-state index in [4.69, 9.17) is 30.1 Å². The third-order valence-corrected chi connectivity index (χ3v) is 8.18. The van der Waals surface area contributed by atoms with Gasteiger partial charge in [-0.1, -0.05) is 27.5 Å². The molecule has 37 heavy (non-hydrogen) atoms. The molecule has 16 heteroatoms. The van der Waals surface area contributed by atoms with Crippen molar-refractivity contribution >= 4 is 41.2 Å². The Hall–Kier alpha value is -2.06. The monoisotopic (exact) mass is 627 g/mol. The van der Waals surface area contributed by atoms with Gasteiger partial charge >= 0.3 is 19.4 Å². The van der Waals surface area contributed by atoms with Crippen molar-refractivity contribution in [2.45, 2.75) is 48.5 Å². The zero-order chi connectivity index (χ0) is 27.6. The number of H-pyrrole nitrogens is 1. The number of aliphatic hydroxyl groups is 1. The van der Waals surface area contributed by atoms with Crippen LogP contribution in [0.2, 0.25) is 0 Å². The lowest BCUT2D eigenvalue weighted by atomic mass is 10.1. The molecule has 1 aromatic carbocycles. The quantitative estimate of drug-likeness (QED) is 0.203. The number of ether oxygens (including phenoxy) is 2. The second kappa shape index (κ2) is 11.4. The number of carbonyl (C=O) groups excluding carboxylic acids is 1. The molecule has 12 nitrogen and oxygen atoms in total. The van der Waals surface area contributed by atoms with Gasteiger partial charge < -0.3 is 19.1 Å². The molecule has 3 rings (SSSR count). The van der Waals surface area contributed by atoms with Crippen LogP contribution in [0.15, 0.2) is 46.1 Å². The van der Waals surface area contributed by atoms with Crippen LogP contribution in [0, 0.1) is 5.82 Å². The van der Waals surface area contributed by atoms with Crippen molar-refractivity contribution in [3.8, 4) is 5.75 Å². The Kier molecular flexibility index (Phi) is 9.05. The first-order valence-corrected chi connectivity index (χ1v) is 13.6. The molecule has 0 aliphatic carbocycles. The highest BCUT2D eigenvalue weighted by molar-refractivity contribution is 9.10. The summed E-state index contributed by atoms with van der Waals surface area (Å²) in [4.78, 5) is 38.1. The summed E-state index contributed by atoms with van der Waals surface area (Å²) in [5.41, 5.74) is -3.06. The van der Waals surface area contributed by atoms with Crippen LogP contribution in [0.5, 0.6) is 5.75 Å². The number of carbonyl (C=O) groups is 1. The molecule has 1 aromatic heterocycles. The molecule has 204 valence electrons. The number of aliphatic hydroxyl groups excluding tert-OH is 1. The number of aromatic amines is 1. The van der Waals surface area contributed by atoms with Crippen LogP contribution in [0.1, 0.15) is 27.0 Å². The van der Waals surface area contributed by atoms with Gasteiger partial charge in [0.2, 0.25) is 0 Å². The summed E-state index contributed by atoms with van der Waals surface area (Å²) >= 11 is 9.56. The summed E-state index contributed by atoms with van der Waals surface area (Å²) in [6, 6.07) is 5.60. The molecule has 0 spiro atoms. The molecule has 0 amide bonds. The van der Waals surface area contributed by atoms with Crippen LogP contribution in [-0.2, 0) is 23.4 Å². The number of benzene rings is 1. The Labute approximate surface area is 223 Å². The Morgan fingerprint density at radius 3 is 2.59 bits per heavy atom. The van der Waals surface area contributed by atoms with Gasteiger partial charge in [-0.3, -0.25) is 23.7 Å². The van der Waals surface area contributed by atoms with Crippen LogP contribution in [0.25, 0.3) is 0 Å². The molecule has 2 aromatic rings. The standard InChI is InChI=1S/C21H25BrClFN3O9P/c1-4-33-18(30)20(2,3)26-37(32,36-13-7-5-12(24)6-8-13)34-11-14-16(29)21(22,23)17(35-14)27-10-9-15(28)25-19(27)31/h5-10,14,16-17,29H,4,11H2,1-3H3,(H,26,32)(H,25,28,31)/t14-,16-,17-,21+,37+/m1/s1. The van der Waals surface area contributed by atoms with Crippen molar-refractivity contribution in [3.05, 3.63) is 63.2 Å². The van der Waals surface area contributed by atoms with Gasteiger partial charge in [0.05, 0.1) is 13.2 Å². The van der Waals surface area contributed by atoms with Crippen LogP contribution in [-0.4, -0.2) is 55.4 Å². The van der Waals surface area contributed by atoms with Crippen molar-refractivity contribution < 1.29 is 37.4 Å². The summed E-state index contributed by atoms with van der Waals surface area (Å²) in [6.45, 7) is 3.83. The van der Waals surface area contributed by atoms with Crippen molar-refractivity contribution in [3.63, 3.8) is 0 Å². The van der Waals surface area contributed by atoms with Crippen molar-refractivity contribution in [2.24, 2.45) is 0 Å². The number of hydrogen-bond acceptors (Lipinski definition) is 9. The minimum atomic E-state index is -4.42. The maximum absolute atomic E-state index is 13.7. The van der Waals surface area contributed by atoms with E-state index in [1.54, 1.807) is 6.92 Å². The van der Waals surface area contributed by atoms with Crippen LogP contribution in [0.3, 0.4) is 0 Å². The smallest absolute Gasteiger partial charge is 0.459 e. The Balaban J connectivity index is 1.85. The third-order valence-electron chi connectivity index (χ3n) is 5.13. The zero-order valence-corrected chi connectivity index (χ0v) is 23.1. The summed E-state index contributed by atoms with van der Waals surface area (Å²) in [5, 5.41) is 13.3. The van der Waals surface area contributed by atoms with Crippen LogP contribution in [0.4, 0.5) is 4.39 Å². The molecular formula is C21H25BrClFN3O9P. The van der Waals surface area contributed by atoms with Gasteiger partial charge in [-0.25, -0.2) is 13.8 Å². The fourth-order valence-electron chi connectivity index (χ4n) is 3.30. The molecule has 2 heterocycles. The van der Waals surface area contributed by atoms with Gasteiger partial charge in [0.15, 0.2) is 10.0 Å². The lowest BCUT2D eigenvalue weighted by Gasteiger charge is -2.29. The summed E-state index contributed by atoms with van der Waals surface area (Å²) in [7, 11) is -4.42. The lowest BCUT2D eigenvalue weighted by Crippen LogP contribution is -2.47. The van der Waals surface area contributed by atoms with E-state index in [-0.39, 0.29) is 12.4 Å². The molecule has 1 aliphatic heterocycles. The third kappa shape index (κ3) is 6.88. The zero-order valence-electron chi connectivity index (χ0n) is 19.9. The number of rotatable bonds is 10. The number of esters is 1. The van der Waals surface area contributed by atoms with Crippen molar-refractivity contribution in [1.82, 2.24) is 14.6 Å². The van der Waals surface area contributed by atoms with Crippen LogP contribution >= 0.6 is 35.3 Å². The van der Waals surface area contributed by atoms with Crippen molar-refractivity contribution in [2.75, 3.05) is 13.2 Å². The fourth-order valence-corrected chi connectivity index (χ4v) is 5.91. The van der Waals surface area contributed by atoms with Crippen molar-refractivity contribution in [1.29, 1.82) is 0 Å². The largest absolute Gasteiger partial charge is 0.465 e. The first-order valence-electron chi connectivity index (χ1n) is 10.9. The Morgan fingerprint density at radius 1 is 1.35 bits per heavy atom. The van der Waals surface area contributed by atoms with E-state index >= 15 is 0 Å². The average molecular weight is 629 g/mol. The van der Waals surface area contributed by atoms with Gasteiger partial charge in [-0.2, -0.15) is 5.09 Å². The molecule has 3 N–H and O–H groups in total. The molecule has 1 fully saturated rings. The number of nitrogens with one attached hydrogen (secondary N) is 2. The topological polar surface area (TPSA) is 158 Å².